The Morgan fingerprint density at radius 1 is 1.16 bits per heavy atom. The summed E-state index contributed by atoms with van der Waals surface area (Å²) in [5, 5.41) is 5.85. The minimum Gasteiger partial charge on any atom is -0.378 e. The van der Waals surface area contributed by atoms with Gasteiger partial charge < -0.3 is 4.74 Å². The monoisotopic (exact) mass is 341 g/mol. The first-order valence-electron chi connectivity index (χ1n) is 10.0. The molecule has 0 saturated carbocycles. The van der Waals surface area contributed by atoms with E-state index in [2.05, 4.69) is 52.8 Å². The zero-order valence-corrected chi connectivity index (χ0v) is 15.6. The molecule has 1 aromatic carbocycles. The quantitative estimate of drug-likeness (QED) is 0.760. The number of nitrogens with zero attached hydrogens (tertiary/aromatic N) is 3. The van der Waals surface area contributed by atoms with E-state index in [1.807, 2.05) is 6.20 Å². The lowest BCUT2D eigenvalue weighted by Crippen LogP contribution is -2.47. The van der Waals surface area contributed by atoms with Crippen molar-refractivity contribution in [2.24, 2.45) is 5.92 Å². The van der Waals surface area contributed by atoms with Crippen molar-refractivity contribution >= 4 is 10.9 Å². The average Bonchev–Trinajstić information content (AvgIpc) is 3.11. The van der Waals surface area contributed by atoms with Gasteiger partial charge in [-0.05, 0) is 44.1 Å². The van der Waals surface area contributed by atoms with Crippen LogP contribution in [0, 0.1) is 5.92 Å². The second kappa shape index (κ2) is 7.46. The van der Waals surface area contributed by atoms with Gasteiger partial charge in [0.1, 0.15) is 0 Å². The number of hydrogen-bond donors (Lipinski definition) is 0. The van der Waals surface area contributed by atoms with Gasteiger partial charge in [-0.2, -0.15) is 5.10 Å². The number of fused-ring (bicyclic) bond motifs is 3. The maximum atomic E-state index is 6.06. The molecule has 2 fully saturated rings. The Balaban J connectivity index is 1.36. The third kappa shape index (κ3) is 3.61. The van der Waals surface area contributed by atoms with Crippen LogP contribution in [0.1, 0.15) is 46.0 Å². The fourth-order valence-corrected chi connectivity index (χ4v) is 4.83. The van der Waals surface area contributed by atoms with Gasteiger partial charge in [-0.15, -0.1) is 0 Å². The Labute approximate surface area is 151 Å². The van der Waals surface area contributed by atoms with Gasteiger partial charge in [0.25, 0.3) is 0 Å². The van der Waals surface area contributed by atoms with Gasteiger partial charge >= 0.3 is 0 Å². The lowest BCUT2D eigenvalue weighted by atomic mass is 9.98. The molecule has 2 aliphatic rings. The summed E-state index contributed by atoms with van der Waals surface area (Å²) in [6.45, 7) is 7.68. The number of ether oxygens (including phenoxy) is 1. The summed E-state index contributed by atoms with van der Waals surface area (Å²) in [4.78, 5) is 2.78. The number of hydrogen-bond acceptors (Lipinski definition) is 3. The molecule has 2 aliphatic heterocycles. The van der Waals surface area contributed by atoms with Crippen LogP contribution >= 0.6 is 0 Å². The van der Waals surface area contributed by atoms with E-state index in [9.17, 15) is 0 Å². The molecule has 1 aromatic heterocycles. The highest BCUT2D eigenvalue weighted by Gasteiger charge is 2.41. The van der Waals surface area contributed by atoms with Crippen LogP contribution in [0.2, 0.25) is 0 Å². The second-order valence-corrected chi connectivity index (χ2v) is 8.04. The molecule has 0 unspecified atom stereocenters. The molecule has 4 nitrogen and oxygen atoms in total. The molecule has 4 heteroatoms. The summed E-state index contributed by atoms with van der Waals surface area (Å²) in [5.74, 6) is 0.611. The second-order valence-electron chi connectivity index (χ2n) is 8.04. The van der Waals surface area contributed by atoms with Crippen LogP contribution in [0.3, 0.4) is 0 Å². The largest absolute Gasteiger partial charge is 0.378 e. The van der Waals surface area contributed by atoms with Crippen LogP contribution in [0.25, 0.3) is 10.9 Å². The van der Waals surface area contributed by atoms with Crippen molar-refractivity contribution in [3.63, 3.8) is 0 Å². The zero-order chi connectivity index (χ0) is 17.2. The minimum absolute atomic E-state index is 0.499. The Hall–Kier alpha value is -1.39. The van der Waals surface area contributed by atoms with Crippen molar-refractivity contribution < 1.29 is 4.74 Å². The molecule has 0 spiro atoms. The number of aromatic nitrogens is 2. The summed E-state index contributed by atoms with van der Waals surface area (Å²) in [6.07, 6.45) is 8.79. The van der Waals surface area contributed by atoms with E-state index in [0.29, 0.717) is 12.0 Å². The van der Waals surface area contributed by atoms with Crippen molar-refractivity contribution in [3.05, 3.63) is 30.5 Å². The van der Waals surface area contributed by atoms with E-state index in [1.54, 1.807) is 0 Å². The molecule has 2 bridgehead atoms. The smallest absolute Gasteiger partial charge is 0.0682 e. The van der Waals surface area contributed by atoms with Crippen LogP contribution in [0.4, 0.5) is 0 Å². The standard InChI is InChI=1S/C21H31N3O/c1-3-10-25-20-11-18-8-9-19(12-20)23(18)14-16(2)15-24-21-7-5-4-6-17(21)13-22-24/h4-7,13,16,18-20H,3,8-12,14-15H2,1-2H3/t16-,18+,19+/m1/s1. The van der Waals surface area contributed by atoms with Crippen molar-refractivity contribution in [3.8, 4) is 0 Å². The van der Waals surface area contributed by atoms with Gasteiger partial charge in [0.05, 0.1) is 17.8 Å². The Morgan fingerprint density at radius 2 is 1.92 bits per heavy atom. The summed E-state index contributed by atoms with van der Waals surface area (Å²) in [6, 6.07) is 9.97. The first kappa shape index (κ1) is 17.0. The highest BCUT2D eigenvalue weighted by Crippen LogP contribution is 2.37. The molecular formula is C21H31N3O. The number of piperidine rings is 1. The summed E-state index contributed by atoms with van der Waals surface area (Å²) in [5.41, 5.74) is 1.25. The number of benzene rings is 1. The van der Waals surface area contributed by atoms with Gasteiger partial charge in [0.15, 0.2) is 0 Å². The summed E-state index contributed by atoms with van der Waals surface area (Å²) < 4.78 is 8.24. The lowest BCUT2D eigenvalue weighted by Gasteiger charge is -2.40. The maximum absolute atomic E-state index is 6.06. The zero-order valence-electron chi connectivity index (χ0n) is 15.6. The van der Waals surface area contributed by atoms with Crippen LogP contribution < -0.4 is 0 Å². The topological polar surface area (TPSA) is 30.3 Å². The van der Waals surface area contributed by atoms with E-state index in [-0.39, 0.29) is 0 Å². The van der Waals surface area contributed by atoms with Crippen molar-refractivity contribution in [2.75, 3.05) is 13.2 Å². The molecule has 0 N–H and O–H groups in total. The predicted molar refractivity (Wildman–Crippen MR) is 102 cm³/mol. The fourth-order valence-electron chi connectivity index (χ4n) is 4.83. The van der Waals surface area contributed by atoms with E-state index >= 15 is 0 Å². The molecule has 2 saturated heterocycles. The molecular weight excluding hydrogens is 310 g/mol. The van der Waals surface area contributed by atoms with Gasteiger partial charge in [-0.25, -0.2) is 0 Å². The SMILES string of the molecule is CCCOC1C[C@@H]2CC[C@@H](C1)N2C[C@@H](C)Cn1ncc2ccccc21. The average molecular weight is 341 g/mol. The highest BCUT2D eigenvalue weighted by molar-refractivity contribution is 5.78. The van der Waals surface area contributed by atoms with Crippen LogP contribution in [-0.2, 0) is 11.3 Å². The van der Waals surface area contributed by atoms with Crippen molar-refractivity contribution in [1.29, 1.82) is 0 Å². The Kier molecular flexibility index (Phi) is 5.09. The van der Waals surface area contributed by atoms with Gasteiger partial charge in [-0.3, -0.25) is 9.58 Å². The van der Waals surface area contributed by atoms with E-state index in [4.69, 9.17) is 4.74 Å². The van der Waals surface area contributed by atoms with Crippen LogP contribution in [-0.4, -0.2) is 46.0 Å². The highest BCUT2D eigenvalue weighted by atomic mass is 16.5. The molecule has 0 radical (unpaired) electrons. The summed E-state index contributed by atoms with van der Waals surface area (Å²) >= 11 is 0. The van der Waals surface area contributed by atoms with Crippen molar-refractivity contribution in [1.82, 2.24) is 14.7 Å². The fraction of sp³-hybridized carbons (Fsp3) is 0.667. The first-order valence-corrected chi connectivity index (χ1v) is 10.0. The Morgan fingerprint density at radius 3 is 2.68 bits per heavy atom. The first-order chi connectivity index (χ1) is 12.2. The maximum Gasteiger partial charge on any atom is 0.0682 e. The van der Waals surface area contributed by atoms with E-state index < -0.39 is 0 Å². The van der Waals surface area contributed by atoms with Gasteiger partial charge in [0.2, 0.25) is 0 Å². The number of para-hydroxylation sites is 1. The van der Waals surface area contributed by atoms with E-state index in [0.717, 1.165) is 31.7 Å². The molecule has 3 heterocycles. The third-order valence-corrected chi connectivity index (χ3v) is 5.96. The predicted octanol–water partition coefficient (Wildman–Crippen LogP) is 4.09. The van der Waals surface area contributed by atoms with Crippen LogP contribution in [0.15, 0.2) is 30.5 Å². The summed E-state index contributed by atoms with van der Waals surface area (Å²) in [7, 11) is 0. The molecule has 25 heavy (non-hydrogen) atoms. The lowest BCUT2D eigenvalue weighted by molar-refractivity contribution is -0.0237. The minimum atomic E-state index is 0.499. The van der Waals surface area contributed by atoms with Crippen LogP contribution in [0.5, 0.6) is 0 Å². The molecule has 2 aromatic rings. The van der Waals surface area contributed by atoms with Gasteiger partial charge in [0, 0.05) is 37.2 Å². The van der Waals surface area contributed by atoms with Crippen molar-refractivity contribution in [2.45, 2.75) is 70.7 Å². The molecule has 4 rings (SSSR count). The third-order valence-electron chi connectivity index (χ3n) is 5.96. The Bertz CT molecular complexity index is 683. The van der Waals surface area contributed by atoms with E-state index in [1.165, 1.54) is 43.1 Å². The molecule has 3 atom stereocenters. The molecule has 136 valence electrons. The normalized spacial score (nSPS) is 27.8. The van der Waals surface area contributed by atoms with Gasteiger partial charge in [-0.1, -0.05) is 32.0 Å². The molecule has 0 amide bonds. The number of rotatable bonds is 7. The molecule has 0 aliphatic carbocycles.